The second-order valence-corrected chi connectivity index (χ2v) is 11.9. The average Bonchev–Trinajstić information content (AvgIpc) is 3.83. The van der Waals surface area contributed by atoms with Gasteiger partial charge in [0.05, 0.1) is 39.9 Å². The summed E-state index contributed by atoms with van der Waals surface area (Å²) in [7, 11) is 0. The first-order chi connectivity index (χ1) is 30.2. The Labute approximate surface area is 309 Å². The van der Waals surface area contributed by atoms with E-state index in [0.717, 1.165) is 0 Å². The van der Waals surface area contributed by atoms with E-state index in [-0.39, 0.29) is 139 Å². The molecule has 2 heterocycles. The number of hydrogen-bond acceptors (Lipinski definition) is 0. The van der Waals surface area contributed by atoms with Crippen LogP contribution in [-0.4, -0.2) is 9.13 Å². The molecule has 0 unspecified atom stereocenters. The highest BCUT2D eigenvalue weighted by molar-refractivity contribution is 6.12. The third-order valence-corrected chi connectivity index (χ3v) is 8.94. The van der Waals surface area contributed by atoms with Crippen molar-refractivity contribution in [3.63, 3.8) is 0 Å². The van der Waals surface area contributed by atoms with E-state index in [4.69, 9.17) is 8.22 Å². The van der Waals surface area contributed by atoms with Gasteiger partial charge in [0.15, 0.2) is 0 Å². The van der Waals surface area contributed by atoms with Crippen molar-refractivity contribution in [2.45, 2.75) is 0 Å². The zero-order chi connectivity index (χ0) is 44.3. The molecule has 0 saturated heterocycles. The van der Waals surface area contributed by atoms with Crippen molar-refractivity contribution in [3.8, 4) is 44.8 Å². The van der Waals surface area contributed by atoms with Gasteiger partial charge in [-0.05, 0) is 99.9 Å². The van der Waals surface area contributed by atoms with E-state index in [1.165, 1.54) is 28.8 Å². The second-order valence-electron chi connectivity index (χ2n) is 11.9. The zero-order valence-corrected chi connectivity index (χ0v) is 26.4. The van der Waals surface area contributed by atoms with Gasteiger partial charge in [0, 0.05) is 32.9 Å². The van der Waals surface area contributed by atoms with Gasteiger partial charge >= 0.3 is 0 Å². The van der Waals surface area contributed by atoms with Crippen molar-refractivity contribution >= 4 is 43.6 Å². The van der Waals surface area contributed by atoms with Crippen LogP contribution in [0.25, 0.3) is 88.4 Å². The summed E-state index contributed by atoms with van der Waals surface area (Å²) < 4.78 is 123. The highest BCUT2D eigenvalue weighted by Gasteiger charge is 2.17. The van der Waals surface area contributed by atoms with E-state index in [2.05, 4.69) is 0 Å². The molecular formula is C48H32N2. The number of para-hydroxylation sites is 3. The van der Waals surface area contributed by atoms with Crippen LogP contribution in [-0.2, 0) is 0 Å². The Morgan fingerprint density at radius 1 is 0.320 bits per heavy atom. The molecular weight excluding hydrogens is 605 g/mol. The summed E-state index contributed by atoms with van der Waals surface area (Å²) in [5.74, 6) is 0. The van der Waals surface area contributed by atoms with Crippen molar-refractivity contribution in [2.75, 3.05) is 0 Å². The zero-order valence-electron chi connectivity index (χ0n) is 39.4. The molecule has 2 nitrogen and oxygen atoms in total. The Hall–Kier alpha value is -6.64. The van der Waals surface area contributed by atoms with Crippen LogP contribution in [0.3, 0.4) is 0 Å². The van der Waals surface area contributed by atoms with Crippen LogP contribution < -0.4 is 0 Å². The van der Waals surface area contributed by atoms with E-state index < -0.39 is 0 Å². The van der Waals surface area contributed by atoms with Crippen LogP contribution in [0.4, 0.5) is 0 Å². The predicted octanol–water partition coefficient (Wildman–Crippen LogP) is 12.9. The molecule has 2 aromatic heterocycles. The number of fused-ring (bicyclic) bond motifs is 6. The molecule has 0 aliphatic carbocycles. The molecule has 234 valence electrons. The van der Waals surface area contributed by atoms with Crippen molar-refractivity contribution in [1.82, 2.24) is 9.13 Å². The van der Waals surface area contributed by atoms with Crippen LogP contribution >= 0.6 is 0 Å². The molecule has 50 heavy (non-hydrogen) atoms. The number of hydrogen-bond donors (Lipinski definition) is 0. The largest absolute Gasteiger partial charge is 0.309 e. The molecule has 0 aliphatic heterocycles. The minimum atomic E-state index is -0.329. The van der Waals surface area contributed by atoms with E-state index in [1.807, 2.05) is 6.07 Å². The van der Waals surface area contributed by atoms with Gasteiger partial charge in [-0.25, -0.2) is 0 Å². The Bertz CT molecular complexity index is 3610. The van der Waals surface area contributed by atoms with Crippen molar-refractivity contribution in [3.05, 3.63) is 194 Å². The van der Waals surface area contributed by atoms with Crippen LogP contribution in [0.15, 0.2) is 194 Å². The quantitative estimate of drug-likeness (QED) is 0.176. The second kappa shape index (κ2) is 11.5. The third-order valence-electron chi connectivity index (χ3n) is 8.94. The van der Waals surface area contributed by atoms with E-state index in [1.54, 1.807) is 89.5 Å². The fraction of sp³-hybridized carbons (Fsp3) is 0. The normalized spacial score (nSPS) is 15.2. The third kappa shape index (κ3) is 4.57. The molecule has 0 aliphatic rings. The predicted molar refractivity (Wildman–Crippen MR) is 211 cm³/mol. The topological polar surface area (TPSA) is 9.86 Å². The smallest absolute Gasteiger partial charge is 0.0651 e. The maximum Gasteiger partial charge on any atom is 0.0651 e. The van der Waals surface area contributed by atoms with Crippen molar-refractivity contribution in [1.29, 1.82) is 0 Å². The molecule has 10 rings (SSSR count). The standard InChI is InChI=1S/C48H32N2/c1-4-14-33(15-5-1)37-28-38(34-16-6-2-7-17-34)30-40(29-37)50-46-23-13-11-21-42(46)44-32-36(25-27-48(44)50)35-24-26-47-43(31-35)41-20-10-12-22-45(41)49(47)39-18-8-3-9-19-39/h1-32H/i10D,11D,14D,16D,20D,21D,22D,23D,26D,27D,29D,31D,32D. The van der Waals surface area contributed by atoms with Gasteiger partial charge in [0.1, 0.15) is 0 Å². The lowest BCUT2D eigenvalue weighted by atomic mass is 9.98. The summed E-state index contributed by atoms with van der Waals surface area (Å²) in [6, 6.07) is 29.3. The molecule has 0 amide bonds. The van der Waals surface area contributed by atoms with Crippen LogP contribution in [0.2, 0.25) is 0 Å². The molecule has 2 heteroatoms. The molecule has 0 N–H and O–H groups in total. The van der Waals surface area contributed by atoms with Gasteiger partial charge in [0.25, 0.3) is 0 Å². The fourth-order valence-electron chi connectivity index (χ4n) is 6.70. The fourth-order valence-corrected chi connectivity index (χ4v) is 6.70. The van der Waals surface area contributed by atoms with Crippen molar-refractivity contribution in [2.24, 2.45) is 0 Å². The SMILES string of the molecule is [2H]c1ccccc1-c1cc(-c2ccccc2[2H])c([2H])c(-n2c3c([2H])cc([2H])c([2H])c3c3c([2H])c(-c4cc([2H])c5c(c4[2H])c4c([2H])c([2H])cc([2H])c4n5-c4ccccc4)cc([2H])c32)c1. The lowest BCUT2D eigenvalue weighted by Gasteiger charge is -2.14. The molecule has 10 aromatic rings. The number of nitrogens with zero attached hydrogens (tertiary/aromatic N) is 2. The monoisotopic (exact) mass is 649 g/mol. The van der Waals surface area contributed by atoms with E-state index in [9.17, 15) is 9.60 Å². The van der Waals surface area contributed by atoms with Gasteiger partial charge in [0.2, 0.25) is 0 Å². The van der Waals surface area contributed by atoms with Gasteiger partial charge in [-0.3, -0.25) is 0 Å². The lowest BCUT2D eigenvalue weighted by Crippen LogP contribution is -1.96. The summed E-state index contributed by atoms with van der Waals surface area (Å²) in [4.78, 5) is 0. The van der Waals surface area contributed by atoms with Gasteiger partial charge < -0.3 is 9.13 Å². The molecule has 0 radical (unpaired) electrons. The Balaban J connectivity index is 1.34. The molecule has 8 aromatic carbocycles. The summed E-state index contributed by atoms with van der Waals surface area (Å²) in [6.45, 7) is 0. The molecule has 0 spiro atoms. The van der Waals surface area contributed by atoms with Crippen LogP contribution in [0, 0.1) is 0 Å². The van der Waals surface area contributed by atoms with Crippen LogP contribution in [0.1, 0.15) is 17.8 Å². The van der Waals surface area contributed by atoms with Crippen molar-refractivity contribution < 1.29 is 17.8 Å². The number of benzene rings is 8. The molecule has 0 atom stereocenters. The molecule has 0 saturated carbocycles. The first-order valence-corrected chi connectivity index (χ1v) is 16.1. The maximum absolute atomic E-state index is 9.88. The van der Waals surface area contributed by atoms with Crippen LogP contribution in [0.5, 0.6) is 0 Å². The van der Waals surface area contributed by atoms with E-state index in [0.29, 0.717) is 27.9 Å². The Kier molecular flexibility index (Phi) is 4.19. The van der Waals surface area contributed by atoms with E-state index >= 15 is 0 Å². The highest BCUT2D eigenvalue weighted by atomic mass is 15.0. The maximum atomic E-state index is 9.88. The summed E-state index contributed by atoms with van der Waals surface area (Å²) in [6.07, 6.45) is 0. The lowest BCUT2D eigenvalue weighted by molar-refractivity contribution is 1.18. The Morgan fingerprint density at radius 2 is 0.840 bits per heavy atom. The van der Waals surface area contributed by atoms with Gasteiger partial charge in [-0.2, -0.15) is 0 Å². The summed E-state index contributed by atoms with van der Waals surface area (Å²) >= 11 is 0. The highest BCUT2D eigenvalue weighted by Crippen LogP contribution is 2.39. The first-order valence-electron chi connectivity index (χ1n) is 22.6. The van der Waals surface area contributed by atoms with Gasteiger partial charge in [-0.1, -0.05) is 127 Å². The molecule has 0 bridgehead atoms. The minimum Gasteiger partial charge on any atom is -0.309 e. The Morgan fingerprint density at radius 3 is 1.44 bits per heavy atom. The summed E-state index contributed by atoms with van der Waals surface area (Å²) in [5.41, 5.74) is 3.14. The minimum absolute atomic E-state index is 0.00140. The number of aromatic nitrogens is 2. The number of rotatable bonds is 5. The molecule has 0 fully saturated rings. The first kappa shape index (κ1) is 18.2. The van der Waals surface area contributed by atoms with Gasteiger partial charge in [-0.15, -0.1) is 0 Å². The average molecular weight is 650 g/mol. The summed E-state index contributed by atoms with van der Waals surface area (Å²) in [5, 5.41) is 0.249.